The van der Waals surface area contributed by atoms with Crippen molar-refractivity contribution in [1.29, 1.82) is 0 Å². The molecule has 1 aromatic carbocycles. The van der Waals surface area contributed by atoms with Gasteiger partial charge in [0.1, 0.15) is 22.4 Å². The fourth-order valence-corrected chi connectivity index (χ4v) is 2.76. The van der Waals surface area contributed by atoms with Crippen LogP contribution in [0.4, 0.5) is 11.4 Å². The van der Waals surface area contributed by atoms with Gasteiger partial charge in [0.15, 0.2) is 0 Å². The standard InChI is InChI=1S/C16H21N3O3S.H2O/c1-18(2)14-9-12(10-19(3)16(14)20)11-6-7-15(22-4)13(8-11)17-23(5)21;/h6-10,17H,1-5H3;1H2. The minimum Gasteiger partial charge on any atom is -0.495 e. The maximum absolute atomic E-state index is 12.2. The second-order valence-electron chi connectivity index (χ2n) is 5.40. The van der Waals surface area contributed by atoms with Crippen LogP contribution < -0.4 is 19.9 Å². The molecule has 0 radical (unpaired) electrons. The molecule has 0 saturated carbocycles. The number of anilines is 2. The van der Waals surface area contributed by atoms with Crippen molar-refractivity contribution >= 4 is 22.4 Å². The minimum atomic E-state index is -1.21. The second kappa shape index (κ2) is 7.98. The molecule has 132 valence electrons. The highest BCUT2D eigenvalue weighted by molar-refractivity contribution is 7.85. The number of hydrogen-bond donors (Lipinski definition) is 1. The molecular weight excluding hydrogens is 330 g/mol. The zero-order valence-corrected chi connectivity index (χ0v) is 15.2. The van der Waals surface area contributed by atoms with Crippen LogP contribution in [0.3, 0.4) is 0 Å². The minimum absolute atomic E-state index is 0. The van der Waals surface area contributed by atoms with E-state index >= 15 is 0 Å². The highest BCUT2D eigenvalue weighted by Gasteiger charge is 2.11. The van der Waals surface area contributed by atoms with Crippen LogP contribution in [0.2, 0.25) is 0 Å². The number of benzene rings is 1. The first-order valence-corrected chi connectivity index (χ1v) is 8.55. The third-order valence-corrected chi connectivity index (χ3v) is 3.94. The van der Waals surface area contributed by atoms with Crippen LogP contribution in [-0.4, -0.2) is 41.7 Å². The Balaban J connectivity index is 0.00000288. The molecule has 0 aliphatic carbocycles. The van der Waals surface area contributed by atoms with Gasteiger partial charge in [0.25, 0.3) is 5.56 Å². The molecule has 1 unspecified atom stereocenters. The Bertz CT molecular complexity index is 802. The van der Waals surface area contributed by atoms with E-state index in [9.17, 15) is 9.00 Å². The lowest BCUT2D eigenvalue weighted by atomic mass is 10.1. The molecule has 0 aliphatic heterocycles. The maximum atomic E-state index is 12.2. The van der Waals surface area contributed by atoms with Gasteiger partial charge in [-0.05, 0) is 23.8 Å². The van der Waals surface area contributed by atoms with Gasteiger partial charge >= 0.3 is 0 Å². The summed E-state index contributed by atoms with van der Waals surface area (Å²) >= 11 is 0. The van der Waals surface area contributed by atoms with Crippen LogP contribution >= 0.6 is 0 Å². The molecule has 0 amide bonds. The number of nitrogens with one attached hydrogen (secondary N) is 1. The van der Waals surface area contributed by atoms with Gasteiger partial charge in [0.05, 0.1) is 12.8 Å². The van der Waals surface area contributed by atoms with Crippen LogP contribution in [0.25, 0.3) is 11.1 Å². The fourth-order valence-electron chi connectivity index (χ4n) is 2.29. The summed E-state index contributed by atoms with van der Waals surface area (Å²) in [6.07, 6.45) is 3.34. The zero-order valence-electron chi connectivity index (χ0n) is 14.4. The van der Waals surface area contributed by atoms with E-state index in [2.05, 4.69) is 4.72 Å². The van der Waals surface area contributed by atoms with Crippen molar-refractivity contribution in [2.75, 3.05) is 37.1 Å². The van der Waals surface area contributed by atoms with E-state index in [0.29, 0.717) is 17.1 Å². The molecule has 3 N–H and O–H groups in total. The first-order valence-electron chi connectivity index (χ1n) is 7.00. The van der Waals surface area contributed by atoms with Gasteiger partial charge in [-0.3, -0.25) is 4.79 Å². The maximum Gasteiger partial charge on any atom is 0.273 e. The molecule has 24 heavy (non-hydrogen) atoms. The summed E-state index contributed by atoms with van der Waals surface area (Å²) in [4.78, 5) is 13.9. The van der Waals surface area contributed by atoms with Gasteiger partial charge in [-0.15, -0.1) is 0 Å². The Hall–Kier alpha value is -2.32. The van der Waals surface area contributed by atoms with Crippen molar-refractivity contribution in [2.24, 2.45) is 7.05 Å². The van der Waals surface area contributed by atoms with Crippen molar-refractivity contribution in [3.63, 3.8) is 0 Å². The van der Waals surface area contributed by atoms with Gasteiger partial charge in [-0.25, -0.2) is 4.21 Å². The summed E-state index contributed by atoms with van der Waals surface area (Å²) in [6, 6.07) is 7.42. The smallest absolute Gasteiger partial charge is 0.273 e. The van der Waals surface area contributed by atoms with E-state index in [1.807, 2.05) is 38.4 Å². The van der Waals surface area contributed by atoms with Crippen molar-refractivity contribution in [1.82, 2.24) is 4.57 Å². The molecule has 7 nitrogen and oxygen atoms in total. The molecule has 8 heteroatoms. The highest BCUT2D eigenvalue weighted by Crippen LogP contribution is 2.31. The molecule has 1 aromatic heterocycles. The van der Waals surface area contributed by atoms with Gasteiger partial charge < -0.3 is 24.4 Å². The third-order valence-electron chi connectivity index (χ3n) is 3.43. The number of hydrogen-bond acceptors (Lipinski definition) is 4. The lowest BCUT2D eigenvalue weighted by Gasteiger charge is -2.16. The number of aryl methyl sites for hydroxylation is 1. The first kappa shape index (κ1) is 19.7. The number of ether oxygens (including phenoxy) is 1. The zero-order chi connectivity index (χ0) is 17.1. The number of pyridine rings is 1. The van der Waals surface area contributed by atoms with E-state index in [1.165, 1.54) is 0 Å². The van der Waals surface area contributed by atoms with E-state index in [0.717, 1.165) is 11.1 Å². The molecule has 2 aromatic rings. The summed E-state index contributed by atoms with van der Waals surface area (Å²) in [5.41, 5.74) is 2.99. The monoisotopic (exact) mass is 353 g/mol. The van der Waals surface area contributed by atoms with Crippen LogP contribution in [0.5, 0.6) is 5.75 Å². The third kappa shape index (κ3) is 4.15. The number of rotatable bonds is 5. The lowest BCUT2D eigenvalue weighted by Crippen LogP contribution is -2.25. The summed E-state index contributed by atoms with van der Waals surface area (Å²) in [5.74, 6) is 0.613. The van der Waals surface area contributed by atoms with E-state index in [4.69, 9.17) is 4.74 Å². The Morgan fingerprint density at radius 1 is 1.21 bits per heavy atom. The Labute approximate surface area is 143 Å². The largest absolute Gasteiger partial charge is 0.495 e. The lowest BCUT2D eigenvalue weighted by molar-refractivity contribution is 0.417. The molecular formula is C16H23N3O4S. The summed E-state index contributed by atoms with van der Waals surface area (Å²) in [5, 5.41) is 0. The average molecular weight is 353 g/mol. The van der Waals surface area contributed by atoms with Crippen molar-refractivity contribution < 1.29 is 14.4 Å². The van der Waals surface area contributed by atoms with Crippen LogP contribution in [0.15, 0.2) is 35.3 Å². The van der Waals surface area contributed by atoms with Crippen molar-refractivity contribution in [2.45, 2.75) is 0 Å². The second-order valence-corrected chi connectivity index (χ2v) is 6.51. The Morgan fingerprint density at radius 3 is 2.42 bits per heavy atom. The van der Waals surface area contributed by atoms with E-state index < -0.39 is 11.0 Å². The number of aromatic nitrogens is 1. The quantitative estimate of drug-likeness (QED) is 0.868. The van der Waals surface area contributed by atoms with E-state index in [1.54, 1.807) is 36.1 Å². The number of nitrogens with zero attached hydrogens (tertiary/aromatic N) is 2. The van der Waals surface area contributed by atoms with Gasteiger partial charge in [-0.1, -0.05) is 6.07 Å². The fraction of sp³-hybridized carbons (Fsp3) is 0.312. The Morgan fingerprint density at radius 2 is 1.88 bits per heavy atom. The van der Waals surface area contributed by atoms with Gasteiger partial charge in [0, 0.05) is 39.2 Å². The van der Waals surface area contributed by atoms with Crippen LogP contribution in [-0.2, 0) is 18.0 Å². The molecule has 0 fully saturated rings. The number of methoxy groups -OCH3 is 1. The van der Waals surface area contributed by atoms with Crippen molar-refractivity contribution in [3.05, 3.63) is 40.8 Å². The summed E-state index contributed by atoms with van der Waals surface area (Å²) in [6.45, 7) is 0. The van der Waals surface area contributed by atoms with Crippen LogP contribution in [0.1, 0.15) is 0 Å². The average Bonchev–Trinajstić information content (AvgIpc) is 2.48. The molecule has 0 saturated heterocycles. The SMILES string of the molecule is COc1ccc(-c2cc(N(C)C)c(=O)n(C)c2)cc1NS(C)=O.O. The predicted octanol–water partition coefficient (Wildman–Crippen LogP) is 1.01. The topological polar surface area (TPSA) is 95.1 Å². The van der Waals surface area contributed by atoms with Gasteiger partial charge in [0.2, 0.25) is 0 Å². The van der Waals surface area contributed by atoms with Crippen LogP contribution in [0, 0.1) is 0 Å². The molecule has 0 aliphatic rings. The highest BCUT2D eigenvalue weighted by atomic mass is 32.2. The molecule has 0 spiro atoms. The Kier molecular flexibility index (Phi) is 6.56. The molecule has 2 rings (SSSR count). The molecule has 1 atom stereocenters. The van der Waals surface area contributed by atoms with E-state index in [-0.39, 0.29) is 11.0 Å². The van der Waals surface area contributed by atoms with Gasteiger partial charge in [-0.2, -0.15) is 0 Å². The predicted molar refractivity (Wildman–Crippen MR) is 99.3 cm³/mol. The first-order chi connectivity index (χ1) is 10.8. The molecule has 1 heterocycles. The molecule has 0 bridgehead atoms. The normalized spacial score (nSPS) is 11.4. The van der Waals surface area contributed by atoms with Crippen molar-refractivity contribution in [3.8, 4) is 16.9 Å². The summed E-state index contributed by atoms with van der Waals surface area (Å²) in [7, 11) is 5.75. The summed E-state index contributed by atoms with van der Waals surface area (Å²) < 4.78 is 21.2.